The third-order valence-electron chi connectivity index (χ3n) is 4.93. The summed E-state index contributed by atoms with van der Waals surface area (Å²) in [5, 5.41) is 13.9. The first-order valence-corrected chi connectivity index (χ1v) is 9.59. The monoisotopic (exact) mass is 379 g/mol. The average Bonchev–Trinajstić information content (AvgIpc) is 3.11. The van der Waals surface area contributed by atoms with E-state index in [9.17, 15) is 9.90 Å². The van der Waals surface area contributed by atoms with Crippen molar-refractivity contribution < 1.29 is 9.90 Å². The smallest absolute Gasteiger partial charge is 0.270 e. The molecule has 1 aromatic carbocycles. The van der Waals surface area contributed by atoms with E-state index in [-0.39, 0.29) is 11.7 Å². The average molecular weight is 379 g/mol. The molecule has 3 aromatic rings. The van der Waals surface area contributed by atoms with Crippen molar-refractivity contribution in [1.82, 2.24) is 14.9 Å². The highest BCUT2D eigenvalue weighted by Gasteiger charge is 2.25. The molecule has 0 atom stereocenters. The van der Waals surface area contributed by atoms with Crippen molar-refractivity contribution in [3.05, 3.63) is 48.3 Å². The number of hydrogen-bond acceptors (Lipinski definition) is 5. The van der Waals surface area contributed by atoms with Gasteiger partial charge in [0.2, 0.25) is 0 Å². The van der Waals surface area contributed by atoms with Gasteiger partial charge in [-0.1, -0.05) is 0 Å². The van der Waals surface area contributed by atoms with Crippen molar-refractivity contribution in [2.24, 2.45) is 0 Å². The number of carbonyl (C=O) groups is 1. The number of aromatic amines is 1. The molecule has 4 rings (SSSR count). The van der Waals surface area contributed by atoms with Crippen LogP contribution in [0, 0.1) is 0 Å². The van der Waals surface area contributed by atoms with E-state index in [0.717, 1.165) is 35.5 Å². The molecule has 0 radical (unpaired) electrons. The number of phenolic OH excluding ortho intramolecular Hbond substituents is 1. The number of carbonyl (C=O) groups excluding carboxylic acids is 1. The lowest BCUT2D eigenvalue weighted by molar-refractivity contribution is 0.0741. The van der Waals surface area contributed by atoms with Crippen molar-refractivity contribution in [3.8, 4) is 5.75 Å². The maximum atomic E-state index is 12.9. The van der Waals surface area contributed by atoms with E-state index in [0.29, 0.717) is 24.8 Å². The number of aromatic hydroxyl groups is 1. The Labute approximate surface area is 164 Å². The van der Waals surface area contributed by atoms with Gasteiger partial charge in [0.1, 0.15) is 11.4 Å². The number of amides is 1. The molecule has 1 fully saturated rings. The number of nitrogens with zero attached hydrogens (tertiary/aromatic N) is 3. The lowest BCUT2D eigenvalue weighted by atomic mass is 10.2. The first-order valence-electron chi connectivity index (χ1n) is 9.59. The quantitative estimate of drug-likeness (QED) is 0.649. The molecule has 7 nitrogen and oxygen atoms in total. The Morgan fingerprint density at radius 3 is 2.71 bits per heavy atom. The fourth-order valence-corrected chi connectivity index (χ4v) is 3.60. The summed E-state index contributed by atoms with van der Waals surface area (Å²) in [6.07, 6.45) is 1.80. The van der Waals surface area contributed by atoms with E-state index in [1.165, 1.54) is 0 Å². The Morgan fingerprint density at radius 1 is 1.18 bits per heavy atom. The van der Waals surface area contributed by atoms with E-state index in [4.69, 9.17) is 0 Å². The summed E-state index contributed by atoms with van der Waals surface area (Å²) in [5.74, 6) is 1.11. The Bertz CT molecular complexity index is 989. The largest absolute Gasteiger partial charge is 0.508 e. The van der Waals surface area contributed by atoms with Crippen LogP contribution in [0.5, 0.6) is 5.75 Å². The third kappa shape index (κ3) is 3.60. The number of H-pyrrole nitrogens is 1. The number of anilines is 2. The zero-order chi connectivity index (χ0) is 19.7. The van der Waals surface area contributed by atoms with Crippen LogP contribution >= 0.6 is 0 Å². The van der Waals surface area contributed by atoms with Crippen LogP contribution in [0.1, 0.15) is 24.3 Å². The number of piperazine rings is 1. The molecule has 0 unspecified atom stereocenters. The van der Waals surface area contributed by atoms with Gasteiger partial charge in [-0.25, -0.2) is 4.98 Å². The molecule has 1 saturated heterocycles. The summed E-state index contributed by atoms with van der Waals surface area (Å²) < 4.78 is 0. The summed E-state index contributed by atoms with van der Waals surface area (Å²) in [6, 6.07) is 11.2. The molecular weight excluding hydrogens is 354 g/mol. The van der Waals surface area contributed by atoms with E-state index < -0.39 is 0 Å². The molecule has 0 saturated carbocycles. The predicted octanol–water partition coefficient (Wildman–Crippen LogP) is 3.05. The topological polar surface area (TPSA) is 84.5 Å². The number of benzene rings is 1. The molecule has 146 valence electrons. The molecule has 0 bridgehead atoms. The van der Waals surface area contributed by atoms with Crippen molar-refractivity contribution in [2.75, 3.05) is 36.4 Å². The number of phenols is 1. The van der Waals surface area contributed by atoms with Crippen molar-refractivity contribution in [2.45, 2.75) is 19.9 Å². The molecule has 28 heavy (non-hydrogen) atoms. The van der Waals surface area contributed by atoms with Crippen LogP contribution in [-0.4, -0.2) is 58.1 Å². The fourth-order valence-electron chi connectivity index (χ4n) is 3.60. The Balaban J connectivity index is 1.46. The lowest BCUT2D eigenvalue weighted by Crippen LogP contribution is -2.49. The molecule has 1 aliphatic heterocycles. The van der Waals surface area contributed by atoms with Crippen molar-refractivity contribution in [3.63, 3.8) is 0 Å². The number of hydrogen-bond donors (Lipinski definition) is 3. The molecule has 1 amide bonds. The first-order chi connectivity index (χ1) is 13.5. The van der Waals surface area contributed by atoms with Crippen LogP contribution in [0.2, 0.25) is 0 Å². The summed E-state index contributed by atoms with van der Waals surface area (Å²) in [6.45, 7) is 6.95. The SMILES string of the molecule is CC(C)Nc1cccnc1N1CCN(C(=O)c2cc3cc(O)ccc3[nH]2)CC1. The van der Waals surface area contributed by atoms with Gasteiger partial charge in [0.05, 0.1) is 5.69 Å². The Kier molecular flexibility index (Phi) is 4.81. The summed E-state index contributed by atoms with van der Waals surface area (Å²) in [7, 11) is 0. The van der Waals surface area contributed by atoms with Gasteiger partial charge in [-0.05, 0) is 50.2 Å². The molecule has 3 N–H and O–H groups in total. The highest BCUT2D eigenvalue weighted by molar-refractivity contribution is 5.98. The minimum atomic E-state index is -0.0168. The van der Waals surface area contributed by atoms with Gasteiger partial charge >= 0.3 is 0 Å². The maximum Gasteiger partial charge on any atom is 0.270 e. The van der Waals surface area contributed by atoms with Crippen LogP contribution in [0.3, 0.4) is 0 Å². The summed E-state index contributed by atoms with van der Waals surface area (Å²) in [5.41, 5.74) is 2.42. The Morgan fingerprint density at radius 2 is 1.96 bits per heavy atom. The first kappa shape index (κ1) is 18.2. The lowest BCUT2D eigenvalue weighted by Gasteiger charge is -2.36. The maximum absolute atomic E-state index is 12.9. The van der Waals surface area contributed by atoms with E-state index in [1.807, 2.05) is 17.0 Å². The molecule has 0 spiro atoms. The standard InChI is InChI=1S/C21H25N5O2/c1-14(2)23-18-4-3-7-22-20(18)25-8-10-26(11-9-25)21(28)19-13-15-12-16(27)5-6-17(15)24-19/h3-7,12-14,23-24,27H,8-11H2,1-2H3. The van der Waals surface area contributed by atoms with Gasteiger partial charge in [0.15, 0.2) is 5.82 Å². The molecular formula is C21H25N5O2. The fraction of sp³-hybridized carbons (Fsp3) is 0.333. The van der Waals surface area contributed by atoms with Gasteiger partial charge in [-0.2, -0.15) is 0 Å². The van der Waals surface area contributed by atoms with Crippen LogP contribution in [0.25, 0.3) is 10.9 Å². The minimum absolute atomic E-state index is 0.0168. The van der Waals surface area contributed by atoms with Crippen LogP contribution < -0.4 is 10.2 Å². The molecule has 3 heterocycles. The van der Waals surface area contributed by atoms with Crippen molar-refractivity contribution in [1.29, 1.82) is 0 Å². The number of pyridine rings is 1. The number of aromatic nitrogens is 2. The van der Waals surface area contributed by atoms with Crippen molar-refractivity contribution >= 4 is 28.3 Å². The predicted molar refractivity (Wildman–Crippen MR) is 111 cm³/mol. The minimum Gasteiger partial charge on any atom is -0.508 e. The highest BCUT2D eigenvalue weighted by Crippen LogP contribution is 2.25. The zero-order valence-corrected chi connectivity index (χ0v) is 16.1. The third-order valence-corrected chi connectivity index (χ3v) is 4.93. The summed E-state index contributed by atoms with van der Waals surface area (Å²) >= 11 is 0. The molecule has 0 aliphatic carbocycles. The molecule has 7 heteroatoms. The van der Waals surface area contributed by atoms with E-state index in [1.54, 1.807) is 30.5 Å². The zero-order valence-electron chi connectivity index (χ0n) is 16.1. The number of fused-ring (bicyclic) bond motifs is 1. The molecule has 2 aromatic heterocycles. The Hall–Kier alpha value is -3.22. The van der Waals surface area contributed by atoms with Gasteiger partial charge in [-0.15, -0.1) is 0 Å². The molecule has 1 aliphatic rings. The second-order valence-electron chi connectivity index (χ2n) is 7.41. The van der Waals surface area contributed by atoms with Gasteiger partial charge in [0.25, 0.3) is 5.91 Å². The second kappa shape index (κ2) is 7.42. The second-order valence-corrected chi connectivity index (χ2v) is 7.41. The van der Waals surface area contributed by atoms with E-state index in [2.05, 4.69) is 34.0 Å². The van der Waals surface area contributed by atoms with E-state index >= 15 is 0 Å². The summed E-state index contributed by atoms with van der Waals surface area (Å²) in [4.78, 5) is 24.7. The van der Waals surface area contributed by atoms with Crippen LogP contribution in [-0.2, 0) is 0 Å². The van der Waals surface area contributed by atoms with Crippen LogP contribution in [0.4, 0.5) is 11.5 Å². The normalized spacial score (nSPS) is 14.7. The highest BCUT2D eigenvalue weighted by atomic mass is 16.3. The number of nitrogens with one attached hydrogen (secondary N) is 2. The van der Waals surface area contributed by atoms with Gasteiger partial charge in [-0.3, -0.25) is 4.79 Å². The van der Waals surface area contributed by atoms with Gasteiger partial charge in [0, 0.05) is 49.3 Å². The van der Waals surface area contributed by atoms with Gasteiger partial charge < -0.3 is 25.2 Å². The number of rotatable bonds is 4. The van der Waals surface area contributed by atoms with Crippen LogP contribution in [0.15, 0.2) is 42.6 Å².